The summed E-state index contributed by atoms with van der Waals surface area (Å²) < 4.78 is 0. The Hall–Kier alpha value is -2.57. The van der Waals surface area contributed by atoms with E-state index in [1.165, 1.54) is 0 Å². The van der Waals surface area contributed by atoms with Gasteiger partial charge >= 0.3 is 0 Å². The number of nitrogens with two attached hydrogens (primary N) is 1. The Bertz CT molecular complexity index is 875. The molecule has 8 heteroatoms. The van der Waals surface area contributed by atoms with Crippen molar-refractivity contribution >= 4 is 40.9 Å². The number of hydrogen-bond acceptors (Lipinski definition) is 3. The van der Waals surface area contributed by atoms with Gasteiger partial charge in [-0.05, 0) is 30.2 Å². The van der Waals surface area contributed by atoms with Gasteiger partial charge in [0.15, 0.2) is 0 Å². The molecule has 0 spiro atoms. The van der Waals surface area contributed by atoms with Crippen molar-refractivity contribution in [3.8, 4) is 0 Å². The second-order valence-corrected chi connectivity index (χ2v) is 7.51. The highest BCUT2D eigenvalue weighted by Gasteiger charge is 2.20. The highest BCUT2D eigenvalue weighted by molar-refractivity contribution is 6.35. The predicted octanol–water partition coefficient (Wildman–Crippen LogP) is 3.16. The monoisotopic (exact) mass is 435 g/mol. The van der Waals surface area contributed by atoms with E-state index in [1.807, 2.05) is 37.3 Å². The molecule has 2 aromatic rings. The summed E-state index contributed by atoms with van der Waals surface area (Å²) in [6.45, 7) is 1.87. The molecule has 2 rings (SSSR count). The van der Waals surface area contributed by atoms with E-state index in [0.717, 1.165) is 5.56 Å². The molecule has 2 aromatic carbocycles. The van der Waals surface area contributed by atoms with E-state index < -0.39 is 17.9 Å². The Kier molecular flexibility index (Phi) is 8.49. The third kappa shape index (κ3) is 7.40. The number of nitrogens with one attached hydrogen (secondary N) is 2. The van der Waals surface area contributed by atoms with Gasteiger partial charge in [-0.25, -0.2) is 0 Å². The molecule has 0 unspecified atom stereocenters. The van der Waals surface area contributed by atoms with Crippen LogP contribution in [0.3, 0.4) is 0 Å². The summed E-state index contributed by atoms with van der Waals surface area (Å²) in [6, 6.07) is 13.3. The number of rotatable bonds is 9. The van der Waals surface area contributed by atoms with Crippen LogP contribution >= 0.6 is 23.2 Å². The van der Waals surface area contributed by atoms with Crippen molar-refractivity contribution in [1.29, 1.82) is 0 Å². The zero-order valence-electron chi connectivity index (χ0n) is 16.0. The first-order valence-corrected chi connectivity index (χ1v) is 9.88. The molecule has 0 saturated heterocycles. The Balaban J connectivity index is 1.85. The lowest BCUT2D eigenvalue weighted by atomic mass is 10.0. The first kappa shape index (κ1) is 22.7. The van der Waals surface area contributed by atoms with Gasteiger partial charge in [0, 0.05) is 29.3 Å². The summed E-state index contributed by atoms with van der Waals surface area (Å²) in [5, 5.41) is 6.25. The summed E-state index contributed by atoms with van der Waals surface area (Å²) >= 11 is 12.0. The zero-order valence-corrected chi connectivity index (χ0v) is 17.5. The molecular formula is C21H23Cl2N3O3. The quantitative estimate of drug-likeness (QED) is 0.563. The van der Waals surface area contributed by atoms with Crippen LogP contribution in [0.25, 0.3) is 0 Å². The van der Waals surface area contributed by atoms with Gasteiger partial charge in [0.25, 0.3) is 0 Å². The third-order valence-electron chi connectivity index (χ3n) is 4.37. The Morgan fingerprint density at radius 1 is 0.966 bits per heavy atom. The average molecular weight is 436 g/mol. The van der Waals surface area contributed by atoms with Crippen molar-refractivity contribution < 1.29 is 14.4 Å². The van der Waals surface area contributed by atoms with Crippen molar-refractivity contribution in [3.63, 3.8) is 0 Å². The highest BCUT2D eigenvalue weighted by Crippen LogP contribution is 2.22. The van der Waals surface area contributed by atoms with Crippen LogP contribution in [-0.4, -0.2) is 23.8 Å². The zero-order chi connectivity index (χ0) is 21.4. The minimum Gasteiger partial charge on any atom is -0.368 e. The van der Waals surface area contributed by atoms with Crippen LogP contribution in [-0.2, 0) is 20.8 Å². The van der Waals surface area contributed by atoms with Crippen LogP contribution in [0.5, 0.6) is 0 Å². The number of benzene rings is 2. The lowest BCUT2D eigenvalue weighted by Crippen LogP contribution is -2.46. The van der Waals surface area contributed by atoms with E-state index in [4.69, 9.17) is 28.9 Å². The number of carbonyl (C=O) groups excluding carboxylic acids is 3. The molecule has 0 fully saturated rings. The fourth-order valence-electron chi connectivity index (χ4n) is 2.76. The van der Waals surface area contributed by atoms with Crippen molar-refractivity contribution in [2.45, 2.75) is 38.3 Å². The van der Waals surface area contributed by atoms with Gasteiger partial charge in [-0.1, -0.05) is 59.6 Å². The second-order valence-electron chi connectivity index (χ2n) is 6.66. The molecule has 0 aliphatic heterocycles. The predicted molar refractivity (Wildman–Crippen MR) is 114 cm³/mol. The number of primary amides is 1. The van der Waals surface area contributed by atoms with Gasteiger partial charge in [-0.2, -0.15) is 0 Å². The van der Waals surface area contributed by atoms with Gasteiger partial charge in [0.2, 0.25) is 17.7 Å². The third-order valence-corrected chi connectivity index (χ3v) is 4.96. The lowest BCUT2D eigenvalue weighted by molar-refractivity contribution is -0.129. The molecule has 0 bridgehead atoms. The molecular weight excluding hydrogens is 413 g/mol. The number of halogens is 2. The van der Waals surface area contributed by atoms with Crippen molar-refractivity contribution in [2.75, 3.05) is 0 Å². The van der Waals surface area contributed by atoms with Gasteiger partial charge in [0.1, 0.15) is 6.04 Å². The molecule has 0 aromatic heterocycles. The summed E-state index contributed by atoms with van der Waals surface area (Å²) in [5.74, 6) is -1.39. The molecule has 0 aliphatic carbocycles. The lowest BCUT2D eigenvalue weighted by Gasteiger charge is -2.17. The largest absolute Gasteiger partial charge is 0.368 e. The van der Waals surface area contributed by atoms with Crippen LogP contribution in [0.2, 0.25) is 10.0 Å². The molecule has 3 amide bonds. The van der Waals surface area contributed by atoms with Crippen LogP contribution in [0.1, 0.15) is 36.9 Å². The molecule has 4 N–H and O–H groups in total. The SMILES string of the molecule is C[C@@H](NC(=O)CCC(=O)N[C@H](Cc1ccc(Cl)cc1Cl)C(N)=O)c1ccccc1. The molecule has 0 aliphatic rings. The first-order chi connectivity index (χ1) is 13.8. The summed E-state index contributed by atoms with van der Waals surface area (Å²) in [7, 11) is 0. The second kappa shape index (κ2) is 10.8. The average Bonchev–Trinajstić information content (AvgIpc) is 2.68. The smallest absolute Gasteiger partial charge is 0.240 e. The maximum atomic E-state index is 12.2. The summed E-state index contributed by atoms with van der Waals surface area (Å²) in [4.78, 5) is 36.0. The van der Waals surface area contributed by atoms with Crippen LogP contribution in [0, 0.1) is 0 Å². The minimum atomic E-state index is -0.938. The maximum Gasteiger partial charge on any atom is 0.240 e. The fraction of sp³-hybridized carbons (Fsp3) is 0.286. The van der Waals surface area contributed by atoms with Gasteiger partial charge in [-0.15, -0.1) is 0 Å². The highest BCUT2D eigenvalue weighted by atomic mass is 35.5. The Morgan fingerprint density at radius 2 is 1.59 bits per heavy atom. The van der Waals surface area contributed by atoms with E-state index in [-0.39, 0.29) is 31.2 Å². The maximum absolute atomic E-state index is 12.2. The van der Waals surface area contributed by atoms with Crippen LogP contribution < -0.4 is 16.4 Å². The molecule has 29 heavy (non-hydrogen) atoms. The van der Waals surface area contributed by atoms with Crippen molar-refractivity contribution in [1.82, 2.24) is 10.6 Å². The molecule has 0 radical (unpaired) electrons. The molecule has 154 valence electrons. The minimum absolute atomic E-state index is 0.00378. The van der Waals surface area contributed by atoms with Crippen molar-refractivity contribution in [3.05, 3.63) is 69.7 Å². The molecule has 0 saturated carbocycles. The molecule has 2 atom stereocenters. The number of amides is 3. The number of hydrogen-bond donors (Lipinski definition) is 3. The number of carbonyl (C=O) groups is 3. The summed E-state index contributed by atoms with van der Waals surface area (Å²) in [6.07, 6.45) is 0.0655. The van der Waals surface area contributed by atoms with Crippen LogP contribution in [0.4, 0.5) is 0 Å². The Labute approximate surface area is 179 Å². The standard InChI is InChI=1S/C21H23Cl2N3O3/c1-13(14-5-3-2-4-6-14)25-19(27)9-10-20(28)26-18(21(24)29)11-15-7-8-16(22)12-17(15)23/h2-8,12-13,18H,9-11H2,1H3,(H2,24,29)(H,25,27)(H,26,28)/t13-,18-/m1/s1. The van der Waals surface area contributed by atoms with E-state index in [0.29, 0.717) is 15.6 Å². The van der Waals surface area contributed by atoms with Crippen LogP contribution in [0.15, 0.2) is 48.5 Å². The first-order valence-electron chi connectivity index (χ1n) is 9.13. The van der Waals surface area contributed by atoms with Gasteiger partial charge < -0.3 is 16.4 Å². The van der Waals surface area contributed by atoms with Gasteiger partial charge in [0.05, 0.1) is 6.04 Å². The molecule has 6 nitrogen and oxygen atoms in total. The summed E-state index contributed by atoms with van der Waals surface area (Å²) in [5.41, 5.74) is 7.00. The van der Waals surface area contributed by atoms with Crippen molar-refractivity contribution in [2.24, 2.45) is 5.73 Å². The van der Waals surface area contributed by atoms with Gasteiger partial charge in [-0.3, -0.25) is 14.4 Å². The van der Waals surface area contributed by atoms with E-state index in [1.54, 1.807) is 18.2 Å². The fourth-order valence-corrected chi connectivity index (χ4v) is 3.25. The topological polar surface area (TPSA) is 101 Å². The van der Waals surface area contributed by atoms with E-state index in [2.05, 4.69) is 10.6 Å². The normalized spacial score (nSPS) is 12.7. The van der Waals surface area contributed by atoms with E-state index >= 15 is 0 Å². The van der Waals surface area contributed by atoms with E-state index in [9.17, 15) is 14.4 Å². The molecule has 0 heterocycles. The Morgan fingerprint density at radius 3 is 2.17 bits per heavy atom.